The number of hydrogen-bond donors (Lipinski definition) is 2. The number of sulfonamides is 1. The highest BCUT2D eigenvalue weighted by atomic mass is 32.2. The summed E-state index contributed by atoms with van der Waals surface area (Å²) in [6.07, 6.45) is 0. The van der Waals surface area contributed by atoms with Gasteiger partial charge in [0.25, 0.3) is 0 Å². The molecular weight excluding hydrogens is 276 g/mol. The van der Waals surface area contributed by atoms with Crippen LogP contribution in [0.3, 0.4) is 0 Å². The molecule has 108 valence electrons. The molecule has 2 rings (SSSR count). The average Bonchev–Trinajstić information content (AvgIpc) is 2.42. The Morgan fingerprint density at radius 3 is 2.50 bits per heavy atom. The fraction of sp³-hybridized carbons (Fsp3) is 0.286. The summed E-state index contributed by atoms with van der Waals surface area (Å²) in [7, 11) is -1.77. The molecular formula is C14H18N2O3S. The molecule has 0 saturated heterocycles. The van der Waals surface area contributed by atoms with Crippen LogP contribution in [-0.2, 0) is 16.6 Å². The first-order valence-electron chi connectivity index (χ1n) is 6.27. The second-order valence-corrected chi connectivity index (χ2v) is 6.25. The summed E-state index contributed by atoms with van der Waals surface area (Å²) >= 11 is 0. The van der Waals surface area contributed by atoms with Gasteiger partial charge in [0.05, 0.1) is 12.9 Å². The van der Waals surface area contributed by atoms with E-state index in [1.54, 1.807) is 7.11 Å². The van der Waals surface area contributed by atoms with Crippen molar-refractivity contribution in [1.29, 1.82) is 0 Å². The first kappa shape index (κ1) is 14.8. The smallest absolute Gasteiger partial charge is 0.210 e. The van der Waals surface area contributed by atoms with Crippen LogP contribution in [0, 0.1) is 0 Å². The number of nitrogens with one attached hydrogen (secondary N) is 1. The monoisotopic (exact) mass is 294 g/mol. The number of primary sulfonamides is 1. The minimum atomic E-state index is -3.41. The molecule has 5 nitrogen and oxygen atoms in total. The number of nitrogens with two attached hydrogens (primary N) is 1. The quantitative estimate of drug-likeness (QED) is 0.785. The van der Waals surface area contributed by atoms with E-state index in [-0.39, 0.29) is 5.75 Å². The Morgan fingerprint density at radius 1 is 1.15 bits per heavy atom. The van der Waals surface area contributed by atoms with Gasteiger partial charge in [-0.25, -0.2) is 13.6 Å². The number of hydrogen-bond acceptors (Lipinski definition) is 4. The number of ether oxygens (including phenoxy) is 1. The van der Waals surface area contributed by atoms with Crippen LogP contribution < -0.4 is 15.2 Å². The summed E-state index contributed by atoms with van der Waals surface area (Å²) in [5, 5.41) is 10.2. The maximum atomic E-state index is 10.9. The predicted molar refractivity (Wildman–Crippen MR) is 80.2 cm³/mol. The second-order valence-electron chi connectivity index (χ2n) is 4.52. The molecule has 0 aliphatic heterocycles. The van der Waals surface area contributed by atoms with Crippen molar-refractivity contribution in [2.24, 2.45) is 5.14 Å². The van der Waals surface area contributed by atoms with Gasteiger partial charge in [0, 0.05) is 18.5 Å². The molecule has 0 radical (unpaired) electrons. The molecule has 0 fully saturated rings. The zero-order chi connectivity index (χ0) is 14.6. The molecule has 0 aliphatic rings. The molecule has 0 saturated carbocycles. The Hall–Kier alpha value is -1.63. The van der Waals surface area contributed by atoms with Gasteiger partial charge in [-0.3, -0.25) is 0 Å². The number of fused-ring (bicyclic) bond motifs is 1. The van der Waals surface area contributed by atoms with Crippen molar-refractivity contribution in [3.05, 3.63) is 42.0 Å². The Bertz CT molecular complexity index is 699. The van der Waals surface area contributed by atoms with Crippen LogP contribution in [0.4, 0.5) is 0 Å². The van der Waals surface area contributed by atoms with E-state index in [0.29, 0.717) is 13.1 Å². The zero-order valence-electron chi connectivity index (χ0n) is 11.3. The van der Waals surface area contributed by atoms with Crippen LogP contribution in [-0.4, -0.2) is 27.8 Å². The van der Waals surface area contributed by atoms with Gasteiger partial charge in [0.15, 0.2) is 0 Å². The Kier molecular flexibility index (Phi) is 4.59. The van der Waals surface area contributed by atoms with E-state index >= 15 is 0 Å². The number of methoxy groups -OCH3 is 1. The molecule has 0 unspecified atom stereocenters. The number of rotatable bonds is 6. The molecule has 2 aromatic carbocycles. The molecule has 20 heavy (non-hydrogen) atoms. The van der Waals surface area contributed by atoms with Crippen LogP contribution in [0.1, 0.15) is 5.56 Å². The predicted octanol–water partition coefficient (Wildman–Crippen LogP) is 1.23. The number of benzene rings is 2. The van der Waals surface area contributed by atoms with Crippen molar-refractivity contribution < 1.29 is 13.2 Å². The molecule has 3 N–H and O–H groups in total. The van der Waals surface area contributed by atoms with Crippen molar-refractivity contribution in [1.82, 2.24) is 5.32 Å². The lowest BCUT2D eigenvalue weighted by molar-refractivity contribution is 0.419. The lowest BCUT2D eigenvalue weighted by Crippen LogP contribution is -2.26. The molecule has 2 aromatic rings. The fourth-order valence-electron chi connectivity index (χ4n) is 2.10. The third-order valence-electron chi connectivity index (χ3n) is 3.07. The van der Waals surface area contributed by atoms with Crippen LogP contribution in [0.2, 0.25) is 0 Å². The van der Waals surface area contributed by atoms with Gasteiger partial charge in [-0.05, 0) is 17.0 Å². The maximum Gasteiger partial charge on any atom is 0.210 e. The zero-order valence-corrected chi connectivity index (χ0v) is 12.1. The van der Waals surface area contributed by atoms with E-state index in [0.717, 1.165) is 22.1 Å². The van der Waals surface area contributed by atoms with E-state index < -0.39 is 10.0 Å². The van der Waals surface area contributed by atoms with Crippen molar-refractivity contribution in [3.8, 4) is 5.75 Å². The first-order chi connectivity index (χ1) is 9.51. The topological polar surface area (TPSA) is 81.4 Å². The summed E-state index contributed by atoms with van der Waals surface area (Å²) < 4.78 is 27.1. The van der Waals surface area contributed by atoms with Gasteiger partial charge in [-0.2, -0.15) is 0 Å². The first-order valence-corrected chi connectivity index (χ1v) is 7.98. The minimum absolute atomic E-state index is 0.0684. The van der Waals surface area contributed by atoms with Crippen LogP contribution >= 0.6 is 0 Å². The molecule has 0 aromatic heterocycles. The lowest BCUT2D eigenvalue weighted by atomic mass is 10.0. The van der Waals surface area contributed by atoms with Crippen molar-refractivity contribution in [3.63, 3.8) is 0 Å². The van der Waals surface area contributed by atoms with Gasteiger partial charge < -0.3 is 10.1 Å². The van der Waals surface area contributed by atoms with E-state index in [2.05, 4.69) is 5.32 Å². The van der Waals surface area contributed by atoms with Gasteiger partial charge in [-0.15, -0.1) is 0 Å². The standard InChI is InChI=1S/C14H18N2O3S/c1-19-14-7-6-11(10-16-8-9-20(15,17)18)12-4-2-3-5-13(12)14/h2-7,16H,8-10H2,1H3,(H2,15,17,18). The normalized spacial score (nSPS) is 11.7. The SMILES string of the molecule is COc1ccc(CNCCS(N)(=O)=O)c2ccccc12. The van der Waals surface area contributed by atoms with Crippen LogP contribution in [0.15, 0.2) is 36.4 Å². The van der Waals surface area contributed by atoms with Gasteiger partial charge in [0.2, 0.25) is 10.0 Å². The lowest BCUT2D eigenvalue weighted by Gasteiger charge is -2.11. The summed E-state index contributed by atoms with van der Waals surface area (Å²) in [4.78, 5) is 0. The van der Waals surface area contributed by atoms with Gasteiger partial charge >= 0.3 is 0 Å². The molecule has 0 amide bonds. The Balaban J connectivity index is 2.15. The van der Waals surface area contributed by atoms with Crippen LogP contribution in [0.5, 0.6) is 5.75 Å². The average molecular weight is 294 g/mol. The van der Waals surface area contributed by atoms with Crippen LogP contribution in [0.25, 0.3) is 10.8 Å². The van der Waals surface area contributed by atoms with Crippen molar-refractivity contribution >= 4 is 20.8 Å². The molecule has 0 bridgehead atoms. The minimum Gasteiger partial charge on any atom is -0.496 e. The van der Waals surface area contributed by atoms with Gasteiger partial charge in [-0.1, -0.05) is 30.3 Å². The summed E-state index contributed by atoms with van der Waals surface area (Å²) in [6, 6.07) is 11.8. The van der Waals surface area contributed by atoms with Gasteiger partial charge in [0.1, 0.15) is 5.75 Å². The molecule has 0 aliphatic carbocycles. The van der Waals surface area contributed by atoms with Crippen molar-refractivity contribution in [2.45, 2.75) is 6.54 Å². The van der Waals surface area contributed by atoms with E-state index in [4.69, 9.17) is 9.88 Å². The third-order valence-corrected chi connectivity index (χ3v) is 3.85. The Morgan fingerprint density at radius 2 is 1.85 bits per heavy atom. The highest BCUT2D eigenvalue weighted by Crippen LogP contribution is 2.28. The Labute approximate surface area is 118 Å². The maximum absolute atomic E-state index is 10.9. The molecule has 6 heteroatoms. The third kappa shape index (κ3) is 3.69. The highest BCUT2D eigenvalue weighted by molar-refractivity contribution is 7.89. The summed E-state index contributed by atoms with van der Waals surface area (Å²) in [6.45, 7) is 0.916. The highest BCUT2D eigenvalue weighted by Gasteiger charge is 2.06. The molecule has 0 spiro atoms. The molecule has 0 atom stereocenters. The van der Waals surface area contributed by atoms with Crippen molar-refractivity contribution in [2.75, 3.05) is 19.4 Å². The largest absolute Gasteiger partial charge is 0.496 e. The fourth-order valence-corrected chi connectivity index (χ4v) is 2.53. The van der Waals surface area contributed by atoms with E-state index in [1.165, 1.54) is 0 Å². The second kappa shape index (κ2) is 6.21. The molecule has 0 heterocycles. The summed E-state index contributed by atoms with van der Waals surface area (Å²) in [5.74, 6) is 0.759. The van der Waals surface area contributed by atoms with E-state index in [9.17, 15) is 8.42 Å². The van der Waals surface area contributed by atoms with E-state index in [1.807, 2.05) is 36.4 Å². The summed E-state index contributed by atoms with van der Waals surface area (Å²) in [5.41, 5.74) is 1.09.